The molecule has 1 unspecified atom stereocenters. The van der Waals surface area contributed by atoms with E-state index in [4.69, 9.17) is 0 Å². The van der Waals surface area contributed by atoms with E-state index in [1.165, 1.54) is 22.6 Å². The number of fused-ring (bicyclic) bond motifs is 1. The standard InChI is InChI=1S/C20H19N3/c1-15-8-6-7-11-18(15)23-16(2)22(17-9-4-3-5-10-17)19-12-13-21-14-20(19)23/h3-14,16H,1-2H3. The molecule has 23 heavy (non-hydrogen) atoms. The van der Waals surface area contributed by atoms with Crippen molar-refractivity contribution >= 4 is 22.7 Å². The second-order valence-corrected chi connectivity index (χ2v) is 5.86. The summed E-state index contributed by atoms with van der Waals surface area (Å²) >= 11 is 0. The second kappa shape index (κ2) is 5.43. The van der Waals surface area contributed by atoms with Crippen LogP contribution in [-0.4, -0.2) is 11.1 Å². The zero-order valence-corrected chi connectivity index (χ0v) is 13.3. The number of anilines is 4. The van der Waals surface area contributed by atoms with Gasteiger partial charge in [0.1, 0.15) is 6.17 Å². The number of para-hydroxylation sites is 2. The Morgan fingerprint density at radius 3 is 2.30 bits per heavy atom. The smallest absolute Gasteiger partial charge is 0.108 e. The molecule has 0 radical (unpaired) electrons. The van der Waals surface area contributed by atoms with Gasteiger partial charge >= 0.3 is 0 Å². The van der Waals surface area contributed by atoms with E-state index < -0.39 is 0 Å². The highest BCUT2D eigenvalue weighted by Crippen LogP contribution is 2.47. The van der Waals surface area contributed by atoms with Crippen molar-refractivity contribution in [2.45, 2.75) is 20.0 Å². The minimum Gasteiger partial charge on any atom is -0.318 e. The first kappa shape index (κ1) is 13.8. The van der Waals surface area contributed by atoms with Gasteiger partial charge in [0.25, 0.3) is 0 Å². The Bertz CT molecular complexity index is 829. The monoisotopic (exact) mass is 301 g/mol. The fourth-order valence-electron chi connectivity index (χ4n) is 3.39. The SMILES string of the molecule is Cc1ccccc1N1c2cnccc2N(c2ccccc2)C1C. The van der Waals surface area contributed by atoms with Gasteiger partial charge in [-0.25, -0.2) is 0 Å². The fraction of sp³-hybridized carbons (Fsp3) is 0.150. The van der Waals surface area contributed by atoms with E-state index in [0.717, 1.165) is 5.69 Å². The predicted octanol–water partition coefficient (Wildman–Crippen LogP) is 5.03. The average molecular weight is 301 g/mol. The molecule has 3 heteroatoms. The van der Waals surface area contributed by atoms with Gasteiger partial charge in [0.05, 0.1) is 17.6 Å². The molecule has 114 valence electrons. The lowest BCUT2D eigenvalue weighted by molar-refractivity contribution is 0.759. The lowest BCUT2D eigenvalue weighted by atomic mass is 10.1. The summed E-state index contributed by atoms with van der Waals surface area (Å²) in [7, 11) is 0. The van der Waals surface area contributed by atoms with Gasteiger partial charge in [0.2, 0.25) is 0 Å². The van der Waals surface area contributed by atoms with Gasteiger partial charge in [0.15, 0.2) is 0 Å². The summed E-state index contributed by atoms with van der Waals surface area (Å²) in [5.41, 5.74) is 6.04. The summed E-state index contributed by atoms with van der Waals surface area (Å²) in [5.74, 6) is 0. The van der Waals surface area contributed by atoms with Gasteiger partial charge in [-0.1, -0.05) is 36.4 Å². The maximum atomic E-state index is 4.36. The highest BCUT2D eigenvalue weighted by molar-refractivity contribution is 5.88. The molecule has 1 aromatic heterocycles. The van der Waals surface area contributed by atoms with Gasteiger partial charge in [-0.3, -0.25) is 4.98 Å². The molecule has 4 rings (SSSR count). The molecule has 0 spiro atoms. The van der Waals surface area contributed by atoms with E-state index in [9.17, 15) is 0 Å². The van der Waals surface area contributed by atoms with Crippen LogP contribution < -0.4 is 9.80 Å². The number of nitrogens with zero attached hydrogens (tertiary/aromatic N) is 3. The number of pyridine rings is 1. The number of benzene rings is 2. The normalized spacial score (nSPS) is 16.5. The van der Waals surface area contributed by atoms with E-state index in [1.807, 2.05) is 12.4 Å². The molecule has 0 amide bonds. The molecule has 2 aromatic carbocycles. The molecule has 1 aliphatic rings. The molecule has 0 saturated heterocycles. The first-order valence-electron chi connectivity index (χ1n) is 7.90. The number of aryl methyl sites for hydroxylation is 1. The molecule has 0 fully saturated rings. The summed E-state index contributed by atoms with van der Waals surface area (Å²) in [4.78, 5) is 9.09. The highest BCUT2D eigenvalue weighted by Gasteiger charge is 2.35. The average Bonchev–Trinajstić information content (AvgIpc) is 2.88. The molecule has 2 heterocycles. The minimum atomic E-state index is 0.192. The van der Waals surface area contributed by atoms with Crippen molar-refractivity contribution in [3.05, 3.63) is 78.6 Å². The van der Waals surface area contributed by atoms with Crippen molar-refractivity contribution in [3.8, 4) is 0 Å². The van der Waals surface area contributed by atoms with E-state index in [2.05, 4.69) is 89.3 Å². The number of aromatic nitrogens is 1. The summed E-state index contributed by atoms with van der Waals surface area (Å²) in [5, 5.41) is 0. The van der Waals surface area contributed by atoms with Gasteiger partial charge in [-0.05, 0) is 43.7 Å². The Kier molecular flexibility index (Phi) is 3.27. The molecule has 3 aromatic rings. The number of hydrogen-bond acceptors (Lipinski definition) is 3. The lowest BCUT2D eigenvalue weighted by Crippen LogP contribution is -2.35. The van der Waals surface area contributed by atoms with Crippen molar-refractivity contribution < 1.29 is 0 Å². The van der Waals surface area contributed by atoms with Crippen LogP contribution in [0.25, 0.3) is 0 Å². The van der Waals surface area contributed by atoms with Crippen molar-refractivity contribution in [1.29, 1.82) is 0 Å². The van der Waals surface area contributed by atoms with Crippen LogP contribution in [-0.2, 0) is 0 Å². The topological polar surface area (TPSA) is 19.4 Å². The number of rotatable bonds is 2. The second-order valence-electron chi connectivity index (χ2n) is 5.86. The van der Waals surface area contributed by atoms with Crippen LogP contribution in [0.1, 0.15) is 12.5 Å². The Balaban J connectivity index is 1.89. The largest absolute Gasteiger partial charge is 0.318 e. The fourth-order valence-corrected chi connectivity index (χ4v) is 3.39. The summed E-state index contributed by atoms with van der Waals surface area (Å²) < 4.78 is 0. The minimum absolute atomic E-state index is 0.192. The molecule has 0 N–H and O–H groups in total. The Morgan fingerprint density at radius 2 is 1.52 bits per heavy atom. The van der Waals surface area contributed by atoms with E-state index in [1.54, 1.807) is 0 Å². The van der Waals surface area contributed by atoms with Crippen LogP contribution in [0, 0.1) is 6.92 Å². The molecular weight excluding hydrogens is 282 g/mol. The van der Waals surface area contributed by atoms with E-state index >= 15 is 0 Å². The highest BCUT2D eigenvalue weighted by atomic mass is 15.4. The molecule has 1 atom stereocenters. The van der Waals surface area contributed by atoms with Gasteiger partial charge in [-0.2, -0.15) is 0 Å². The molecule has 0 aliphatic carbocycles. The maximum absolute atomic E-state index is 4.36. The van der Waals surface area contributed by atoms with Gasteiger partial charge in [0, 0.05) is 17.6 Å². The summed E-state index contributed by atoms with van der Waals surface area (Å²) in [6.45, 7) is 4.39. The van der Waals surface area contributed by atoms with Crippen LogP contribution >= 0.6 is 0 Å². The quantitative estimate of drug-likeness (QED) is 0.662. The van der Waals surface area contributed by atoms with Crippen LogP contribution in [0.4, 0.5) is 22.7 Å². The van der Waals surface area contributed by atoms with Gasteiger partial charge < -0.3 is 9.80 Å². The predicted molar refractivity (Wildman–Crippen MR) is 95.6 cm³/mol. The first-order chi connectivity index (χ1) is 11.3. The molecule has 3 nitrogen and oxygen atoms in total. The number of hydrogen-bond donors (Lipinski definition) is 0. The summed E-state index contributed by atoms with van der Waals surface area (Å²) in [6, 6.07) is 21.1. The third-order valence-corrected chi connectivity index (χ3v) is 4.45. The van der Waals surface area contributed by atoms with E-state index in [-0.39, 0.29) is 6.17 Å². The third-order valence-electron chi connectivity index (χ3n) is 4.45. The van der Waals surface area contributed by atoms with Crippen LogP contribution in [0.15, 0.2) is 73.1 Å². The lowest BCUT2D eigenvalue weighted by Gasteiger charge is -2.31. The van der Waals surface area contributed by atoms with Crippen molar-refractivity contribution in [2.24, 2.45) is 0 Å². The third kappa shape index (κ3) is 2.16. The summed E-state index contributed by atoms with van der Waals surface area (Å²) in [6.07, 6.45) is 4.02. The molecular formula is C20H19N3. The maximum Gasteiger partial charge on any atom is 0.108 e. The van der Waals surface area contributed by atoms with Crippen LogP contribution in [0.5, 0.6) is 0 Å². The zero-order chi connectivity index (χ0) is 15.8. The Labute approximate surface area is 136 Å². The molecule has 0 bridgehead atoms. The van der Waals surface area contributed by atoms with Crippen molar-refractivity contribution in [3.63, 3.8) is 0 Å². The molecule has 0 saturated carbocycles. The zero-order valence-electron chi connectivity index (χ0n) is 13.3. The Morgan fingerprint density at radius 1 is 0.783 bits per heavy atom. The Hall–Kier alpha value is -2.81. The molecule has 1 aliphatic heterocycles. The van der Waals surface area contributed by atoms with Crippen molar-refractivity contribution in [1.82, 2.24) is 4.98 Å². The first-order valence-corrected chi connectivity index (χ1v) is 7.90. The van der Waals surface area contributed by atoms with Crippen LogP contribution in [0.3, 0.4) is 0 Å². The van der Waals surface area contributed by atoms with Crippen LogP contribution in [0.2, 0.25) is 0 Å². The van der Waals surface area contributed by atoms with E-state index in [0.29, 0.717) is 0 Å². The van der Waals surface area contributed by atoms with Crippen molar-refractivity contribution in [2.75, 3.05) is 9.80 Å². The van der Waals surface area contributed by atoms with Gasteiger partial charge in [-0.15, -0.1) is 0 Å².